The number of benzene rings is 1. The van der Waals surface area contributed by atoms with Crippen molar-refractivity contribution in [2.24, 2.45) is 5.41 Å². The highest BCUT2D eigenvalue weighted by atomic mass is 16.1. The summed E-state index contributed by atoms with van der Waals surface area (Å²) < 4.78 is 0. The largest absolute Gasteiger partial charge is 0.384 e. The normalized spacial score (nSPS) is 22.0. The fourth-order valence-corrected chi connectivity index (χ4v) is 4.64. The summed E-state index contributed by atoms with van der Waals surface area (Å²) in [4.78, 5) is 15.7. The van der Waals surface area contributed by atoms with E-state index in [2.05, 4.69) is 36.2 Å². The van der Waals surface area contributed by atoms with Gasteiger partial charge >= 0.3 is 0 Å². The van der Waals surface area contributed by atoms with E-state index in [1.54, 1.807) is 0 Å². The Morgan fingerprint density at radius 2 is 1.88 bits per heavy atom. The molecule has 0 aromatic heterocycles. The third kappa shape index (κ3) is 3.48. The Balaban J connectivity index is 1.99. The number of nitrogens with zero attached hydrogens (tertiary/aromatic N) is 1. The Hall–Kier alpha value is -1.35. The van der Waals surface area contributed by atoms with Gasteiger partial charge in [-0.3, -0.25) is 4.79 Å². The maximum atomic E-state index is 13.1. The number of rotatable bonds is 6. The minimum Gasteiger partial charge on any atom is -0.384 e. The summed E-state index contributed by atoms with van der Waals surface area (Å²) in [6.45, 7) is 14.0. The van der Waals surface area contributed by atoms with Gasteiger partial charge in [0.2, 0.25) is 0 Å². The molecule has 0 radical (unpaired) electrons. The van der Waals surface area contributed by atoms with Crippen LogP contribution in [0.1, 0.15) is 81.3 Å². The van der Waals surface area contributed by atoms with Crippen LogP contribution in [0.5, 0.6) is 0 Å². The van der Waals surface area contributed by atoms with E-state index >= 15 is 0 Å². The average Bonchev–Trinajstić information content (AvgIpc) is 2.98. The monoisotopic (exact) mass is 342 g/mol. The first kappa shape index (κ1) is 18.4. The van der Waals surface area contributed by atoms with E-state index in [1.807, 2.05) is 20.8 Å². The fraction of sp³-hybridized carbons (Fsp3) is 0.682. The van der Waals surface area contributed by atoms with Crippen molar-refractivity contribution in [3.05, 3.63) is 28.8 Å². The zero-order valence-electron chi connectivity index (χ0n) is 16.6. The van der Waals surface area contributed by atoms with Crippen molar-refractivity contribution >= 4 is 11.5 Å². The van der Waals surface area contributed by atoms with Crippen LogP contribution < -0.4 is 5.32 Å². The zero-order valence-corrected chi connectivity index (χ0v) is 16.6. The maximum absolute atomic E-state index is 13.1. The molecule has 3 heteroatoms. The van der Waals surface area contributed by atoms with Crippen molar-refractivity contribution < 1.29 is 4.79 Å². The van der Waals surface area contributed by atoms with Crippen LogP contribution in [0.3, 0.4) is 0 Å². The summed E-state index contributed by atoms with van der Waals surface area (Å²) in [5.41, 5.74) is 4.69. The third-order valence-corrected chi connectivity index (χ3v) is 5.76. The SMILES string of the molecule is CCCN(CCC)C1Cc2c(C(=O)C(C)(C)C)ccc3c2C(CN3)C1. The van der Waals surface area contributed by atoms with Gasteiger partial charge in [0.05, 0.1) is 0 Å². The van der Waals surface area contributed by atoms with Gasteiger partial charge in [-0.15, -0.1) is 0 Å². The average molecular weight is 343 g/mol. The molecule has 3 rings (SSSR count). The number of anilines is 1. The summed E-state index contributed by atoms with van der Waals surface area (Å²) >= 11 is 0. The molecule has 1 aliphatic heterocycles. The highest BCUT2D eigenvalue weighted by Gasteiger charge is 2.38. The van der Waals surface area contributed by atoms with Crippen molar-refractivity contribution in [2.75, 3.05) is 25.0 Å². The second-order valence-corrected chi connectivity index (χ2v) is 8.84. The highest BCUT2D eigenvalue weighted by molar-refractivity contribution is 6.02. The van der Waals surface area contributed by atoms with E-state index in [-0.39, 0.29) is 11.2 Å². The van der Waals surface area contributed by atoms with Crippen LogP contribution in [0.25, 0.3) is 0 Å². The Morgan fingerprint density at radius 1 is 1.20 bits per heavy atom. The van der Waals surface area contributed by atoms with E-state index in [0.29, 0.717) is 12.0 Å². The predicted molar refractivity (Wildman–Crippen MR) is 106 cm³/mol. The molecule has 1 aromatic rings. The molecule has 0 amide bonds. The number of hydrogen-bond donors (Lipinski definition) is 1. The molecule has 1 aromatic carbocycles. The molecule has 1 heterocycles. The minimum atomic E-state index is -0.328. The Morgan fingerprint density at radius 3 is 2.48 bits per heavy atom. The maximum Gasteiger partial charge on any atom is 0.168 e. The Bertz CT molecular complexity index is 638. The first-order valence-corrected chi connectivity index (χ1v) is 10.0. The van der Waals surface area contributed by atoms with Gasteiger partial charge < -0.3 is 10.2 Å². The Labute approximate surface area is 153 Å². The lowest BCUT2D eigenvalue weighted by Gasteiger charge is -2.38. The first-order valence-electron chi connectivity index (χ1n) is 10.0. The quantitative estimate of drug-likeness (QED) is 0.749. The molecule has 0 saturated carbocycles. The molecule has 138 valence electrons. The van der Waals surface area contributed by atoms with Crippen molar-refractivity contribution in [1.29, 1.82) is 0 Å². The number of ketones is 1. The topological polar surface area (TPSA) is 32.3 Å². The van der Waals surface area contributed by atoms with Crippen molar-refractivity contribution in [3.63, 3.8) is 0 Å². The molecule has 25 heavy (non-hydrogen) atoms. The van der Waals surface area contributed by atoms with E-state index in [0.717, 1.165) is 31.6 Å². The van der Waals surface area contributed by atoms with Crippen molar-refractivity contribution in [1.82, 2.24) is 4.90 Å². The Kier molecular flexibility index (Phi) is 5.24. The fourth-order valence-electron chi connectivity index (χ4n) is 4.64. The van der Waals surface area contributed by atoms with Gasteiger partial charge in [-0.05, 0) is 62.0 Å². The molecule has 2 unspecified atom stereocenters. The lowest BCUT2D eigenvalue weighted by molar-refractivity contribution is 0.0855. The van der Waals surface area contributed by atoms with Gasteiger partial charge in [0.1, 0.15) is 0 Å². The minimum absolute atomic E-state index is 0.286. The van der Waals surface area contributed by atoms with Crippen molar-refractivity contribution in [3.8, 4) is 0 Å². The molecule has 0 saturated heterocycles. The van der Waals surface area contributed by atoms with Crippen LogP contribution in [0, 0.1) is 5.41 Å². The molecule has 0 fully saturated rings. The number of hydrogen-bond acceptors (Lipinski definition) is 3. The molecular weight excluding hydrogens is 308 g/mol. The van der Waals surface area contributed by atoms with E-state index in [4.69, 9.17) is 0 Å². The number of nitrogens with one attached hydrogen (secondary N) is 1. The van der Waals surface area contributed by atoms with Gasteiger partial charge in [-0.1, -0.05) is 34.6 Å². The van der Waals surface area contributed by atoms with Gasteiger partial charge in [0, 0.05) is 35.2 Å². The molecule has 1 N–H and O–H groups in total. The van der Waals surface area contributed by atoms with Crippen LogP contribution >= 0.6 is 0 Å². The van der Waals surface area contributed by atoms with Gasteiger partial charge in [0.25, 0.3) is 0 Å². The van der Waals surface area contributed by atoms with Gasteiger partial charge in [-0.25, -0.2) is 0 Å². The molecule has 3 nitrogen and oxygen atoms in total. The smallest absolute Gasteiger partial charge is 0.168 e. The van der Waals surface area contributed by atoms with Crippen molar-refractivity contribution in [2.45, 2.75) is 72.3 Å². The highest BCUT2D eigenvalue weighted by Crippen LogP contribution is 2.44. The van der Waals surface area contributed by atoms with Crippen LogP contribution in [-0.4, -0.2) is 36.4 Å². The van der Waals surface area contributed by atoms with E-state index < -0.39 is 0 Å². The molecule has 2 aliphatic rings. The first-order chi connectivity index (χ1) is 11.9. The zero-order chi connectivity index (χ0) is 18.2. The summed E-state index contributed by atoms with van der Waals surface area (Å²) in [6, 6.07) is 4.77. The van der Waals surface area contributed by atoms with Gasteiger partial charge in [0.15, 0.2) is 5.78 Å². The van der Waals surface area contributed by atoms with Crippen LogP contribution in [-0.2, 0) is 6.42 Å². The standard InChI is InChI=1S/C22H34N2O/c1-6-10-24(11-7-2)16-12-15-14-23-19-9-8-17(18(13-16)20(15)19)21(25)22(3,4)5/h8-9,15-16,23H,6-7,10-14H2,1-5H3. The summed E-state index contributed by atoms with van der Waals surface area (Å²) in [6.07, 6.45) is 4.64. The van der Waals surface area contributed by atoms with E-state index in [1.165, 1.54) is 36.1 Å². The number of carbonyl (C=O) groups excluding carboxylic acids is 1. The summed E-state index contributed by atoms with van der Waals surface area (Å²) in [5.74, 6) is 0.849. The second-order valence-electron chi connectivity index (χ2n) is 8.84. The molecule has 2 atom stereocenters. The number of Topliss-reactive ketones (excluding diaryl/α,β-unsaturated/α-hetero) is 1. The van der Waals surface area contributed by atoms with Crippen LogP contribution in [0.4, 0.5) is 5.69 Å². The van der Waals surface area contributed by atoms with Gasteiger partial charge in [-0.2, -0.15) is 0 Å². The summed E-state index contributed by atoms with van der Waals surface area (Å²) in [5, 5.41) is 3.58. The summed E-state index contributed by atoms with van der Waals surface area (Å²) in [7, 11) is 0. The molecule has 1 aliphatic carbocycles. The molecule has 0 bridgehead atoms. The van der Waals surface area contributed by atoms with Crippen LogP contribution in [0.2, 0.25) is 0 Å². The predicted octanol–water partition coefficient (Wildman–Crippen LogP) is 4.86. The lowest BCUT2D eigenvalue weighted by atomic mass is 9.75. The second kappa shape index (κ2) is 7.11. The molecular formula is C22H34N2O. The number of carbonyl (C=O) groups is 1. The third-order valence-electron chi connectivity index (χ3n) is 5.76. The lowest BCUT2D eigenvalue weighted by Crippen LogP contribution is -2.42. The molecule has 0 spiro atoms. The van der Waals surface area contributed by atoms with E-state index in [9.17, 15) is 4.79 Å². The van der Waals surface area contributed by atoms with Crippen LogP contribution in [0.15, 0.2) is 12.1 Å².